The number of hydrogen-bond acceptors (Lipinski definition) is 7. The van der Waals surface area contributed by atoms with Gasteiger partial charge in [0.2, 0.25) is 0 Å². The molecular formula is C8H16Na2O4S5. The predicted octanol–water partition coefficient (Wildman–Crippen LogP) is -3.66. The topological polar surface area (TPSA) is 80.3 Å². The molecule has 0 aliphatic carbocycles. The van der Waals surface area contributed by atoms with Crippen LogP contribution in [0.1, 0.15) is 25.7 Å². The second kappa shape index (κ2) is 21.3. The van der Waals surface area contributed by atoms with E-state index in [4.69, 9.17) is 0 Å². The standard InChI is InChI=1S/C8H18O4S5.2Na/c9-16(10)7-3-1-5-13-15-14-6-2-4-8-17(11)12;;/h1-8H2,(H,9,10)(H,11,12);;/q;2*+1/p-2. The summed E-state index contributed by atoms with van der Waals surface area (Å²) in [7, 11) is 5.15. The van der Waals surface area contributed by atoms with Crippen LogP contribution in [0.3, 0.4) is 0 Å². The van der Waals surface area contributed by atoms with E-state index in [1.807, 2.05) is 0 Å². The Morgan fingerprint density at radius 2 is 1.11 bits per heavy atom. The Bertz CT molecular complexity index is 213. The van der Waals surface area contributed by atoms with Crippen molar-refractivity contribution in [2.45, 2.75) is 25.7 Å². The van der Waals surface area contributed by atoms with E-state index in [0.717, 1.165) is 37.2 Å². The quantitative estimate of drug-likeness (QED) is 0.149. The van der Waals surface area contributed by atoms with Crippen LogP contribution in [0.4, 0.5) is 0 Å². The van der Waals surface area contributed by atoms with E-state index in [1.165, 1.54) is 0 Å². The molecule has 0 N–H and O–H groups in total. The molecule has 0 amide bonds. The molecule has 0 fully saturated rings. The molecule has 2 atom stereocenters. The molecule has 11 heteroatoms. The van der Waals surface area contributed by atoms with Crippen LogP contribution in [0.25, 0.3) is 0 Å². The van der Waals surface area contributed by atoms with Crippen LogP contribution in [-0.4, -0.2) is 40.5 Å². The van der Waals surface area contributed by atoms with Crippen molar-refractivity contribution in [3.05, 3.63) is 0 Å². The molecule has 0 aromatic heterocycles. The molecule has 0 saturated carbocycles. The fourth-order valence-electron chi connectivity index (χ4n) is 0.864. The van der Waals surface area contributed by atoms with Gasteiger partial charge in [0.25, 0.3) is 0 Å². The second-order valence-electron chi connectivity index (χ2n) is 3.14. The molecule has 4 nitrogen and oxygen atoms in total. The van der Waals surface area contributed by atoms with Crippen LogP contribution in [0.5, 0.6) is 0 Å². The molecular weight excluding hydrogens is 366 g/mol. The summed E-state index contributed by atoms with van der Waals surface area (Å²) in [4.78, 5) is 0. The fourth-order valence-corrected chi connectivity index (χ4v) is 5.75. The molecule has 0 radical (unpaired) electrons. The van der Waals surface area contributed by atoms with E-state index in [2.05, 4.69) is 0 Å². The fraction of sp³-hybridized carbons (Fsp3) is 1.00. The summed E-state index contributed by atoms with van der Waals surface area (Å²) in [5.74, 6) is 2.42. The van der Waals surface area contributed by atoms with Crippen LogP contribution < -0.4 is 59.1 Å². The third kappa shape index (κ3) is 26.5. The van der Waals surface area contributed by atoms with Crippen LogP contribution >= 0.6 is 31.4 Å². The maximum atomic E-state index is 10.2. The van der Waals surface area contributed by atoms with Gasteiger partial charge in [0, 0.05) is 23.0 Å². The smallest absolute Gasteiger partial charge is 0.772 e. The van der Waals surface area contributed by atoms with Crippen LogP contribution in [0.2, 0.25) is 0 Å². The van der Waals surface area contributed by atoms with Crippen molar-refractivity contribution in [1.82, 2.24) is 0 Å². The van der Waals surface area contributed by atoms with Gasteiger partial charge < -0.3 is 9.11 Å². The van der Waals surface area contributed by atoms with Crippen molar-refractivity contribution in [3.8, 4) is 0 Å². The van der Waals surface area contributed by atoms with Gasteiger partial charge in [-0.15, -0.1) is 0 Å². The van der Waals surface area contributed by atoms with Crippen LogP contribution in [0, 0.1) is 0 Å². The Morgan fingerprint density at radius 1 is 0.737 bits per heavy atom. The van der Waals surface area contributed by atoms with E-state index in [-0.39, 0.29) is 70.6 Å². The van der Waals surface area contributed by atoms with Crippen molar-refractivity contribution >= 4 is 53.6 Å². The van der Waals surface area contributed by atoms with E-state index in [0.29, 0.717) is 0 Å². The Balaban J connectivity index is -0.00000128. The van der Waals surface area contributed by atoms with Gasteiger partial charge in [-0.3, -0.25) is 8.42 Å². The largest absolute Gasteiger partial charge is 1.00 e. The molecule has 0 heterocycles. The number of unbranched alkanes of at least 4 members (excludes halogenated alkanes) is 2. The maximum absolute atomic E-state index is 10.2. The van der Waals surface area contributed by atoms with Gasteiger partial charge in [-0.05, 0) is 35.5 Å². The number of hydrogen-bond donors (Lipinski definition) is 0. The van der Waals surface area contributed by atoms with Gasteiger partial charge in [-0.25, -0.2) is 0 Å². The predicted molar refractivity (Wildman–Crippen MR) is 78.5 cm³/mol. The molecule has 0 aromatic carbocycles. The third-order valence-corrected chi connectivity index (χ3v) is 7.33. The van der Waals surface area contributed by atoms with Crippen LogP contribution in [-0.2, 0) is 22.2 Å². The Morgan fingerprint density at radius 3 is 1.42 bits per heavy atom. The first-order valence-corrected chi connectivity index (χ1v) is 11.5. The molecule has 0 aromatic rings. The molecule has 19 heavy (non-hydrogen) atoms. The first-order valence-electron chi connectivity index (χ1n) is 5.15. The zero-order valence-electron chi connectivity index (χ0n) is 11.3. The van der Waals surface area contributed by atoms with Crippen molar-refractivity contribution in [3.63, 3.8) is 0 Å². The van der Waals surface area contributed by atoms with Crippen molar-refractivity contribution in [2.24, 2.45) is 0 Å². The van der Waals surface area contributed by atoms with Crippen molar-refractivity contribution < 1.29 is 76.6 Å². The van der Waals surface area contributed by atoms with Crippen LogP contribution in [0.15, 0.2) is 0 Å². The summed E-state index contributed by atoms with van der Waals surface area (Å²) in [5, 5.41) is 0. The monoisotopic (exact) mass is 382 g/mol. The van der Waals surface area contributed by atoms with Crippen molar-refractivity contribution in [1.29, 1.82) is 0 Å². The summed E-state index contributed by atoms with van der Waals surface area (Å²) < 4.78 is 40.9. The van der Waals surface area contributed by atoms with E-state index in [9.17, 15) is 17.5 Å². The normalized spacial score (nSPS) is 13.2. The average molecular weight is 383 g/mol. The molecule has 0 bridgehead atoms. The van der Waals surface area contributed by atoms with Gasteiger partial charge in [0.15, 0.2) is 0 Å². The molecule has 104 valence electrons. The summed E-state index contributed by atoms with van der Waals surface area (Å²) in [6, 6.07) is 0. The van der Waals surface area contributed by atoms with Gasteiger partial charge in [-0.1, -0.05) is 43.7 Å². The molecule has 2 unspecified atom stereocenters. The molecule has 0 aliphatic heterocycles. The Kier molecular flexibility index (Phi) is 30.4. The Labute approximate surface area is 176 Å². The maximum Gasteiger partial charge on any atom is 1.00 e. The average Bonchev–Trinajstić information content (AvgIpc) is 2.25. The second-order valence-corrected chi connectivity index (χ2v) is 9.64. The minimum atomic E-state index is -1.90. The number of rotatable bonds is 12. The summed E-state index contributed by atoms with van der Waals surface area (Å²) in [6.45, 7) is 0. The summed E-state index contributed by atoms with van der Waals surface area (Å²) in [6.07, 6.45) is 3.29. The minimum absolute atomic E-state index is 0. The van der Waals surface area contributed by atoms with Gasteiger partial charge in [0.05, 0.1) is 0 Å². The van der Waals surface area contributed by atoms with E-state index < -0.39 is 22.2 Å². The molecule has 0 aliphatic rings. The first kappa shape index (κ1) is 27.1. The molecule has 0 spiro atoms. The third-order valence-electron chi connectivity index (χ3n) is 1.67. The minimum Gasteiger partial charge on any atom is -0.772 e. The molecule has 0 rings (SSSR count). The van der Waals surface area contributed by atoms with E-state index >= 15 is 0 Å². The van der Waals surface area contributed by atoms with Gasteiger partial charge in [0.1, 0.15) is 0 Å². The van der Waals surface area contributed by atoms with Crippen molar-refractivity contribution in [2.75, 3.05) is 23.0 Å². The van der Waals surface area contributed by atoms with Gasteiger partial charge >= 0.3 is 59.1 Å². The molecule has 0 saturated heterocycles. The van der Waals surface area contributed by atoms with Gasteiger partial charge in [-0.2, -0.15) is 0 Å². The Hall–Kier alpha value is 3.27. The first-order chi connectivity index (χ1) is 8.13. The zero-order valence-corrected chi connectivity index (χ0v) is 19.4. The summed E-state index contributed by atoms with van der Waals surface area (Å²) in [5.41, 5.74) is 0. The zero-order chi connectivity index (χ0) is 12.9. The SMILES string of the molecule is O=S([O-])CCCCSSSCCCCS(=O)[O-].[Na+].[Na+]. The summed E-state index contributed by atoms with van der Waals surface area (Å²) >= 11 is -3.81. The van der Waals surface area contributed by atoms with E-state index in [1.54, 1.807) is 31.4 Å².